The van der Waals surface area contributed by atoms with Crippen molar-refractivity contribution in [3.63, 3.8) is 0 Å². The van der Waals surface area contributed by atoms with Gasteiger partial charge in [0.25, 0.3) is 0 Å². The number of pyridine rings is 1. The fraction of sp³-hybridized carbons (Fsp3) is 0.467. The monoisotopic (exact) mass is 549 g/mol. The third kappa shape index (κ3) is 5.97. The predicted octanol–water partition coefficient (Wildman–Crippen LogP) is 6.58. The van der Waals surface area contributed by atoms with Gasteiger partial charge >= 0.3 is 0 Å². The van der Waals surface area contributed by atoms with Crippen LogP contribution in [-0.2, 0) is 11.3 Å². The summed E-state index contributed by atoms with van der Waals surface area (Å²) in [6.45, 7) is 13.5. The van der Waals surface area contributed by atoms with E-state index in [0.29, 0.717) is 22.7 Å². The third-order valence-corrected chi connectivity index (χ3v) is 7.41. The smallest absolute Gasteiger partial charge is 0.229 e. The molecule has 0 amide bonds. The second-order valence-electron chi connectivity index (χ2n) is 11.1. The van der Waals surface area contributed by atoms with Gasteiger partial charge in [-0.2, -0.15) is 0 Å². The largest absolute Gasteiger partial charge is 0.373 e. The summed E-state index contributed by atoms with van der Waals surface area (Å²) < 4.78 is 37.9. The van der Waals surface area contributed by atoms with Crippen LogP contribution in [0.3, 0.4) is 0 Å². The molecule has 1 aliphatic rings. The van der Waals surface area contributed by atoms with E-state index < -0.39 is 11.6 Å². The molecule has 1 aliphatic heterocycles. The number of unbranched alkanes of at least 4 members (excludes halogenated alkanes) is 1. The van der Waals surface area contributed by atoms with Crippen LogP contribution < -0.4 is 5.32 Å². The summed E-state index contributed by atoms with van der Waals surface area (Å²) >= 11 is 0. The topological polar surface area (TPSA) is 81.0 Å². The average molecular weight is 550 g/mol. The van der Waals surface area contributed by atoms with Gasteiger partial charge in [-0.1, -0.05) is 25.8 Å². The summed E-state index contributed by atoms with van der Waals surface area (Å²) in [7, 11) is 0. The molecule has 212 valence electrons. The number of morpholine rings is 1. The maximum absolute atomic E-state index is 15.0. The number of aromatic nitrogens is 5. The Kier molecular flexibility index (Phi) is 8.09. The molecular formula is C30H37F2N7O. The first-order valence-electron chi connectivity index (χ1n) is 13.9. The first-order valence-corrected chi connectivity index (χ1v) is 13.9. The van der Waals surface area contributed by atoms with Gasteiger partial charge in [0.05, 0.1) is 23.9 Å². The molecule has 4 aromatic rings. The lowest BCUT2D eigenvalue weighted by molar-refractivity contribution is -0.105. The number of benzene rings is 1. The lowest BCUT2D eigenvalue weighted by atomic mass is 9.96. The molecule has 0 unspecified atom stereocenters. The Hall–Kier alpha value is -3.50. The number of fused-ring (bicyclic) bond motifs is 1. The molecule has 4 heterocycles. The van der Waals surface area contributed by atoms with Crippen molar-refractivity contribution in [3.05, 3.63) is 59.7 Å². The SMILES string of the molecule is CCCC[C@]1(C)CN(Cc2ccc(Nc3ncc(F)c(-c4cc(F)c5nc(C)n(C(C)C)c5c4)n3)nc2)CCO1. The molecule has 0 radical (unpaired) electrons. The minimum absolute atomic E-state index is 0.00233. The Morgan fingerprint density at radius 1 is 1.10 bits per heavy atom. The zero-order valence-electron chi connectivity index (χ0n) is 23.8. The summed E-state index contributed by atoms with van der Waals surface area (Å²) in [6, 6.07) is 6.92. The van der Waals surface area contributed by atoms with E-state index in [0.717, 1.165) is 57.3 Å². The second-order valence-corrected chi connectivity index (χ2v) is 11.1. The molecule has 1 atom stereocenters. The molecule has 0 spiro atoms. The highest BCUT2D eigenvalue weighted by molar-refractivity contribution is 5.83. The van der Waals surface area contributed by atoms with Gasteiger partial charge in [-0.05, 0) is 57.9 Å². The van der Waals surface area contributed by atoms with Gasteiger partial charge < -0.3 is 14.6 Å². The minimum Gasteiger partial charge on any atom is -0.373 e. The average Bonchev–Trinajstić information content (AvgIpc) is 3.26. The summed E-state index contributed by atoms with van der Waals surface area (Å²) in [5, 5.41) is 3.05. The van der Waals surface area contributed by atoms with Crippen LogP contribution in [0.2, 0.25) is 0 Å². The second kappa shape index (κ2) is 11.5. The lowest BCUT2D eigenvalue weighted by Crippen LogP contribution is -2.49. The number of ether oxygens (including phenoxy) is 1. The van der Waals surface area contributed by atoms with Gasteiger partial charge in [0.2, 0.25) is 5.95 Å². The quantitative estimate of drug-likeness (QED) is 0.253. The van der Waals surface area contributed by atoms with Crippen LogP contribution in [0.5, 0.6) is 0 Å². The van der Waals surface area contributed by atoms with Crippen LogP contribution in [0.1, 0.15) is 64.4 Å². The highest BCUT2D eigenvalue weighted by atomic mass is 19.1. The summed E-state index contributed by atoms with van der Waals surface area (Å²) in [6.07, 6.45) is 6.28. The Balaban J connectivity index is 1.32. The molecule has 0 bridgehead atoms. The molecule has 5 rings (SSSR count). The van der Waals surface area contributed by atoms with Crippen LogP contribution in [0, 0.1) is 18.6 Å². The van der Waals surface area contributed by atoms with Crippen LogP contribution in [0.15, 0.2) is 36.7 Å². The number of nitrogens with zero attached hydrogens (tertiary/aromatic N) is 6. The Morgan fingerprint density at radius 2 is 1.93 bits per heavy atom. The first-order chi connectivity index (χ1) is 19.2. The van der Waals surface area contributed by atoms with E-state index >= 15 is 0 Å². The normalized spacial score (nSPS) is 18.1. The number of nitrogens with one attached hydrogen (secondary N) is 1. The van der Waals surface area contributed by atoms with Crippen molar-refractivity contribution in [1.29, 1.82) is 0 Å². The number of hydrogen-bond donors (Lipinski definition) is 1. The Bertz CT molecular complexity index is 1490. The Morgan fingerprint density at radius 3 is 2.65 bits per heavy atom. The molecule has 1 saturated heterocycles. The summed E-state index contributed by atoms with van der Waals surface area (Å²) in [5.74, 6) is 0.235. The first kappa shape index (κ1) is 28.0. The van der Waals surface area contributed by atoms with Crippen LogP contribution in [-0.4, -0.2) is 54.7 Å². The minimum atomic E-state index is -0.642. The number of anilines is 2. The molecule has 3 aromatic heterocycles. The van der Waals surface area contributed by atoms with Crippen molar-refractivity contribution in [2.24, 2.45) is 0 Å². The van der Waals surface area contributed by atoms with Crippen molar-refractivity contribution < 1.29 is 13.5 Å². The van der Waals surface area contributed by atoms with Crippen LogP contribution in [0.25, 0.3) is 22.3 Å². The molecule has 1 fully saturated rings. The van der Waals surface area contributed by atoms with E-state index in [9.17, 15) is 8.78 Å². The molecular weight excluding hydrogens is 512 g/mol. The van der Waals surface area contributed by atoms with Crippen LogP contribution in [0.4, 0.5) is 20.5 Å². The highest BCUT2D eigenvalue weighted by Crippen LogP contribution is 2.30. The number of halogens is 2. The molecule has 0 aliphatic carbocycles. The molecule has 0 saturated carbocycles. The number of rotatable bonds is 9. The number of aryl methyl sites for hydroxylation is 1. The van der Waals surface area contributed by atoms with E-state index in [1.165, 1.54) is 6.07 Å². The fourth-order valence-corrected chi connectivity index (χ4v) is 5.51. The molecule has 1 N–H and O–H groups in total. The van der Waals surface area contributed by atoms with Gasteiger partial charge in [-0.25, -0.2) is 28.7 Å². The van der Waals surface area contributed by atoms with Gasteiger partial charge in [0.15, 0.2) is 11.6 Å². The van der Waals surface area contributed by atoms with Crippen LogP contribution >= 0.6 is 0 Å². The van der Waals surface area contributed by atoms with Gasteiger partial charge in [-0.15, -0.1) is 0 Å². The molecule has 40 heavy (non-hydrogen) atoms. The lowest BCUT2D eigenvalue weighted by Gasteiger charge is -2.40. The van der Waals surface area contributed by atoms with Gasteiger partial charge in [0.1, 0.15) is 22.9 Å². The van der Waals surface area contributed by atoms with E-state index in [-0.39, 0.29) is 28.8 Å². The maximum atomic E-state index is 15.0. The molecule has 8 nitrogen and oxygen atoms in total. The molecule has 1 aromatic carbocycles. The fourth-order valence-electron chi connectivity index (χ4n) is 5.51. The predicted molar refractivity (Wildman–Crippen MR) is 152 cm³/mol. The standard InChI is InChI=1S/C30H37F2N7O/c1-6-7-10-30(5)18-38(11-12-40-30)17-21-8-9-26(33-15-21)36-29-34-16-24(32)27(37-29)22-13-23(31)28-25(14-22)39(19(2)3)20(4)35-28/h8-9,13-16,19H,6-7,10-12,17-18H2,1-5H3,(H,33,34,36,37)/t30-/m1/s1. The maximum Gasteiger partial charge on any atom is 0.229 e. The van der Waals surface area contributed by atoms with E-state index in [2.05, 4.69) is 44.0 Å². The highest BCUT2D eigenvalue weighted by Gasteiger charge is 2.31. The van der Waals surface area contributed by atoms with Crippen molar-refractivity contribution >= 4 is 22.8 Å². The van der Waals surface area contributed by atoms with Crippen molar-refractivity contribution in [2.45, 2.75) is 72.1 Å². The molecule has 10 heteroatoms. The van der Waals surface area contributed by atoms with Gasteiger partial charge in [0, 0.05) is 37.4 Å². The zero-order valence-corrected chi connectivity index (χ0v) is 23.8. The Labute approximate surface area is 233 Å². The number of imidazole rings is 1. The van der Waals surface area contributed by atoms with Crippen molar-refractivity contribution in [3.8, 4) is 11.3 Å². The summed E-state index contributed by atoms with van der Waals surface area (Å²) in [4.78, 5) is 19.7. The third-order valence-electron chi connectivity index (χ3n) is 7.41. The van der Waals surface area contributed by atoms with E-state index in [1.807, 2.05) is 43.7 Å². The van der Waals surface area contributed by atoms with Gasteiger partial charge in [-0.3, -0.25) is 4.90 Å². The number of hydrogen-bond acceptors (Lipinski definition) is 7. The van der Waals surface area contributed by atoms with E-state index in [1.54, 1.807) is 6.07 Å². The zero-order chi connectivity index (χ0) is 28.4. The summed E-state index contributed by atoms with van der Waals surface area (Å²) in [5.41, 5.74) is 2.15. The van der Waals surface area contributed by atoms with E-state index in [4.69, 9.17) is 4.74 Å². The van der Waals surface area contributed by atoms with Crippen molar-refractivity contribution in [1.82, 2.24) is 29.4 Å². The van der Waals surface area contributed by atoms with Crippen molar-refractivity contribution in [2.75, 3.05) is 25.0 Å².